The van der Waals surface area contributed by atoms with E-state index in [9.17, 15) is 4.79 Å². The Morgan fingerprint density at radius 2 is 1.78 bits per heavy atom. The van der Waals surface area contributed by atoms with Crippen LogP contribution in [0.4, 0.5) is 4.79 Å². The van der Waals surface area contributed by atoms with Crippen LogP contribution in [0.25, 0.3) is 0 Å². The third kappa shape index (κ3) is 3.36. The van der Waals surface area contributed by atoms with Gasteiger partial charge in [0.15, 0.2) is 0 Å². The van der Waals surface area contributed by atoms with Crippen LogP contribution < -0.4 is 5.32 Å². The molecule has 1 amide bonds. The van der Waals surface area contributed by atoms with E-state index < -0.39 is 5.79 Å². The first-order valence-electron chi connectivity index (χ1n) is 6.79. The van der Waals surface area contributed by atoms with Crippen LogP contribution in [0, 0.1) is 0 Å². The molecule has 0 aromatic carbocycles. The molecule has 1 N–H and O–H groups in total. The van der Waals surface area contributed by atoms with Crippen molar-refractivity contribution in [1.29, 1.82) is 0 Å². The van der Waals surface area contributed by atoms with Crippen LogP contribution >= 0.6 is 0 Å². The van der Waals surface area contributed by atoms with Crippen LogP contribution in [0.2, 0.25) is 0 Å². The average Bonchev–Trinajstić information content (AvgIpc) is 2.25. The Morgan fingerprint density at radius 3 is 2.22 bits per heavy atom. The molecule has 0 radical (unpaired) electrons. The largest absolute Gasteiger partial charge is 0.414 e. The average molecular weight is 256 g/mol. The van der Waals surface area contributed by atoms with Crippen LogP contribution in [0.1, 0.15) is 40.0 Å². The number of hydrogen-bond donors (Lipinski definition) is 1. The third-order valence-electron chi connectivity index (χ3n) is 3.17. The number of nitrogens with one attached hydrogen (secondary N) is 1. The number of likely N-dealkylation sites (tertiary alicyclic amines) is 1. The van der Waals surface area contributed by atoms with Crippen molar-refractivity contribution in [1.82, 2.24) is 10.2 Å². The van der Waals surface area contributed by atoms with Crippen molar-refractivity contribution in [3.05, 3.63) is 0 Å². The number of nitrogens with zero attached hydrogens (tertiary/aromatic N) is 1. The molecule has 0 bridgehead atoms. The van der Waals surface area contributed by atoms with Crippen LogP contribution in [0.15, 0.2) is 0 Å². The second-order valence-corrected chi connectivity index (χ2v) is 6.14. The number of ether oxygens (including phenoxy) is 2. The molecule has 2 heterocycles. The SMILES string of the molecule is CC(C)(C)OC1(OC(=O)N2CCCCC2)CNC1. The Morgan fingerprint density at radius 1 is 1.17 bits per heavy atom. The van der Waals surface area contributed by atoms with Crippen molar-refractivity contribution >= 4 is 6.09 Å². The summed E-state index contributed by atoms with van der Waals surface area (Å²) in [5.41, 5.74) is -0.315. The Hall–Kier alpha value is -0.810. The lowest BCUT2D eigenvalue weighted by Crippen LogP contribution is -2.66. The second kappa shape index (κ2) is 5.05. The minimum absolute atomic E-state index is 0.236. The maximum Gasteiger partial charge on any atom is 0.412 e. The molecule has 0 atom stereocenters. The zero-order valence-electron chi connectivity index (χ0n) is 11.6. The number of piperidine rings is 1. The van der Waals surface area contributed by atoms with E-state index in [-0.39, 0.29) is 11.7 Å². The first-order valence-corrected chi connectivity index (χ1v) is 6.79. The fraction of sp³-hybridized carbons (Fsp3) is 0.923. The predicted molar refractivity (Wildman–Crippen MR) is 68.3 cm³/mol. The molecule has 2 aliphatic rings. The van der Waals surface area contributed by atoms with E-state index in [1.54, 1.807) is 4.90 Å². The molecular formula is C13H24N2O3. The Labute approximate surface area is 109 Å². The van der Waals surface area contributed by atoms with Gasteiger partial charge in [-0.05, 0) is 40.0 Å². The van der Waals surface area contributed by atoms with Gasteiger partial charge >= 0.3 is 6.09 Å². The summed E-state index contributed by atoms with van der Waals surface area (Å²) in [6, 6.07) is 0. The molecule has 2 rings (SSSR count). The van der Waals surface area contributed by atoms with Gasteiger partial charge in [-0.2, -0.15) is 0 Å². The fourth-order valence-electron chi connectivity index (χ4n) is 2.35. The monoisotopic (exact) mass is 256 g/mol. The van der Waals surface area contributed by atoms with Gasteiger partial charge in [0.1, 0.15) is 0 Å². The summed E-state index contributed by atoms with van der Waals surface area (Å²) in [6.45, 7) is 8.68. The molecule has 2 aliphatic heterocycles. The lowest BCUT2D eigenvalue weighted by Gasteiger charge is -2.45. The van der Waals surface area contributed by atoms with E-state index in [4.69, 9.17) is 9.47 Å². The van der Waals surface area contributed by atoms with Crippen molar-refractivity contribution in [2.75, 3.05) is 26.2 Å². The van der Waals surface area contributed by atoms with E-state index in [0.717, 1.165) is 25.9 Å². The summed E-state index contributed by atoms with van der Waals surface area (Å²) >= 11 is 0. The lowest BCUT2D eigenvalue weighted by molar-refractivity contribution is -0.273. The van der Waals surface area contributed by atoms with Crippen molar-refractivity contribution in [2.24, 2.45) is 0 Å². The topological polar surface area (TPSA) is 50.8 Å². The molecule has 0 aromatic rings. The van der Waals surface area contributed by atoms with Gasteiger partial charge in [-0.25, -0.2) is 4.79 Å². The van der Waals surface area contributed by atoms with Gasteiger partial charge in [-0.15, -0.1) is 0 Å². The van der Waals surface area contributed by atoms with Crippen molar-refractivity contribution in [2.45, 2.75) is 51.4 Å². The molecule has 5 nitrogen and oxygen atoms in total. The highest BCUT2D eigenvalue weighted by atomic mass is 16.7. The molecule has 2 fully saturated rings. The number of hydrogen-bond acceptors (Lipinski definition) is 4. The lowest BCUT2D eigenvalue weighted by atomic mass is 10.1. The molecule has 0 aliphatic carbocycles. The Bertz CT molecular complexity index is 302. The summed E-state index contributed by atoms with van der Waals surface area (Å²) in [6.07, 6.45) is 3.11. The van der Waals surface area contributed by atoms with E-state index in [1.807, 2.05) is 20.8 Å². The minimum Gasteiger partial charge on any atom is -0.414 e. The zero-order valence-corrected chi connectivity index (χ0v) is 11.6. The summed E-state index contributed by atoms with van der Waals surface area (Å²) < 4.78 is 11.5. The van der Waals surface area contributed by atoms with Crippen LogP contribution in [0.3, 0.4) is 0 Å². The fourth-order valence-corrected chi connectivity index (χ4v) is 2.35. The van der Waals surface area contributed by atoms with E-state index >= 15 is 0 Å². The van der Waals surface area contributed by atoms with Crippen molar-refractivity contribution in [3.63, 3.8) is 0 Å². The number of carbonyl (C=O) groups excluding carboxylic acids is 1. The van der Waals surface area contributed by atoms with Crippen molar-refractivity contribution in [3.8, 4) is 0 Å². The summed E-state index contributed by atoms with van der Waals surface area (Å²) in [5, 5.41) is 3.11. The van der Waals surface area contributed by atoms with Gasteiger partial charge in [0.25, 0.3) is 0 Å². The smallest absolute Gasteiger partial charge is 0.412 e. The van der Waals surface area contributed by atoms with Gasteiger partial charge in [0.2, 0.25) is 5.79 Å². The molecule has 0 saturated carbocycles. The molecular weight excluding hydrogens is 232 g/mol. The van der Waals surface area contributed by atoms with Crippen molar-refractivity contribution < 1.29 is 14.3 Å². The first-order chi connectivity index (χ1) is 8.40. The maximum atomic E-state index is 12.1. The standard InChI is InChI=1S/C13H24N2O3/c1-12(2,3)18-13(9-14-10-13)17-11(16)15-7-5-4-6-8-15/h14H,4-10H2,1-3H3. The molecule has 0 unspecified atom stereocenters. The first kappa shape index (κ1) is 13.6. The number of amides is 1. The Balaban J connectivity index is 1.91. The normalized spacial score (nSPS) is 23.4. The van der Waals surface area contributed by atoms with Gasteiger partial charge in [0.05, 0.1) is 18.7 Å². The predicted octanol–water partition coefficient (Wildman–Crippen LogP) is 1.72. The summed E-state index contributed by atoms with van der Waals surface area (Å²) in [7, 11) is 0. The molecule has 104 valence electrons. The molecule has 0 aromatic heterocycles. The highest BCUT2D eigenvalue weighted by Gasteiger charge is 2.46. The number of carbonyl (C=O) groups is 1. The van der Waals surface area contributed by atoms with E-state index in [0.29, 0.717) is 13.1 Å². The van der Waals surface area contributed by atoms with Crippen LogP contribution in [-0.2, 0) is 9.47 Å². The van der Waals surface area contributed by atoms with Gasteiger partial charge in [0, 0.05) is 13.1 Å². The van der Waals surface area contributed by atoms with Gasteiger partial charge < -0.3 is 19.7 Å². The second-order valence-electron chi connectivity index (χ2n) is 6.14. The zero-order chi connectivity index (χ0) is 13.2. The van der Waals surface area contributed by atoms with Gasteiger partial charge in [-0.1, -0.05) is 0 Å². The van der Waals surface area contributed by atoms with E-state index in [1.165, 1.54) is 6.42 Å². The molecule has 18 heavy (non-hydrogen) atoms. The summed E-state index contributed by atoms with van der Waals surface area (Å²) in [5.74, 6) is -0.771. The Kier molecular flexibility index (Phi) is 3.82. The number of rotatable bonds is 2. The van der Waals surface area contributed by atoms with Crippen LogP contribution in [0.5, 0.6) is 0 Å². The molecule has 5 heteroatoms. The highest BCUT2D eigenvalue weighted by molar-refractivity contribution is 5.68. The van der Waals surface area contributed by atoms with Crippen LogP contribution in [-0.4, -0.2) is 48.6 Å². The van der Waals surface area contributed by atoms with E-state index in [2.05, 4.69) is 5.32 Å². The van der Waals surface area contributed by atoms with Gasteiger partial charge in [-0.3, -0.25) is 0 Å². The molecule has 0 spiro atoms. The molecule has 2 saturated heterocycles. The summed E-state index contributed by atoms with van der Waals surface area (Å²) in [4.78, 5) is 13.9. The maximum absolute atomic E-state index is 12.1. The minimum atomic E-state index is -0.771. The third-order valence-corrected chi connectivity index (χ3v) is 3.17. The quantitative estimate of drug-likeness (QED) is 0.764. The highest BCUT2D eigenvalue weighted by Crippen LogP contribution is 2.27.